The largest absolute Gasteiger partial charge is 0.353 e. The fourth-order valence-corrected chi connectivity index (χ4v) is 1.96. The highest BCUT2D eigenvalue weighted by molar-refractivity contribution is 5.82. The Bertz CT molecular complexity index is 232. The maximum atomic E-state index is 12.0. The van der Waals surface area contributed by atoms with Crippen molar-refractivity contribution >= 4 is 5.91 Å². The van der Waals surface area contributed by atoms with E-state index in [2.05, 4.69) is 15.5 Å². The lowest BCUT2D eigenvalue weighted by molar-refractivity contribution is -0.131. The SMILES string of the molecule is CC(C)NC(=O)C(C)(C)CN1CCNCC1. The third-order valence-corrected chi connectivity index (χ3v) is 2.86. The molecule has 1 aliphatic heterocycles. The molecule has 4 heteroatoms. The molecule has 1 amide bonds. The summed E-state index contributed by atoms with van der Waals surface area (Å²) in [6.45, 7) is 13.0. The van der Waals surface area contributed by atoms with Crippen LogP contribution in [0.25, 0.3) is 0 Å². The predicted molar refractivity (Wildman–Crippen MR) is 66.4 cm³/mol. The minimum atomic E-state index is -0.304. The quantitative estimate of drug-likeness (QED) is 0.732. The Hall–Kier alpha value is -0.610. The van der Waals surface area contributed by atoms with Crippen LogP contribution < -0.4 is 10.6 Å². The zero-order valence-electron chi connectivity index (χ0n) is 11.0. The van der Waals surface area contributed by atoms with E-state index in [9.17, 15) is 4.79 Å². The molecule has 1 rings (SSSR count). The van der Waals surface area contributed by atoms with E-state index in [1.165, 1.54) is 0 Å². The standard InChI is InChI=1S/C12H25N3O/c1-10(2)14-11(16)12(3,4)9-15-7-5-13-6-8-15/h10,13H,5-9H2,1-4H3,(H,14,16). The first-order valence-electron chi connectivity index (χ1n) is 6.16. The van der Waals surface area contributed by atoms with Crippen molar-refractivity contribution in [1.29, 1.82) is 0 Å². The molecule has 0 aliphatic carbocycles. The van der Waals surface area contributed by atoms with E-state index in [0.717, 1.165) is 32.7 Å². The average Bonchev–Trinajstić information content (AvgIpc) is 2.17. The van der Waals surface area contributed by atoms with Gasteiger partial charge in [0.05, 0.1) is 5.41 Å². The van der Waals surface area contributed by atoms with E-state index < -0.39 is 0 Å². The van der Waals surface area contributed by atoms with Crippen LogP contribution in [0.4, 0.5) is 0 Å². The van der Waals surface area contributed by atoms with Crippen molar-refractivity contribution in [2.45, 2.75) is 33.7 Å². The van der Waals surface area contributed by atoms with Crippen molar-refractivity contribution in [1.82, 2.24) is 15.5 Å². The summed E-state index contributed by atoms with van der Waals surface area (Å²) in [6.07, 6.45) is 0. The van der Waals surface area contributed by atoms with E-state index in [1.807, 2.05) is 27.7 Å². The summed E-state index contributed by atoms with van der Waals surface area (Å²) in [7, 11) is 0. The Morgan fingerprint density at radius 2 is 1.94 bits per heavy atom. The van der Waals surface area contributed by atoms with Gasteiger partial charge in [-0.05, 0) is 27.7 Å². The van der Waals surface area contributed by atoms with Crippen LogP contribution in [0.1, 0.15) is 27.7 Å². The fourth-order valence-electron chi connectivity index (χ4n) is 1.96. The predicted octanol–water partition coefficient (Wildman–Crippen LogP) is 0.442. The molecule has 0 unspecified atom stereocenters. The van der Waals surface area contributed by atoms with Crippen LogP contribution in [0, 0.1) is 5.41 Å². The zero-order chi connectivity index (χ0) is 12.2. The molecule has 0 aromatic heterocycles. The molecule has 0 aromatic carbocycles. The minimum absolute atomic E-state index is 0.154. The summed E-state index contributed by atoms with van der Waals surface area (Å²) in [6, 6.07) is 0.217. The second-order valence-corrected chi connectivity index (χ2v) is 5.54. The van der Waals surface area contributed by atoms with Crippen molar-refractivity contribution in [3.05, 3.63) is 0 Å². The normalized spacial score (nSPS) is 18.8. The maximum absolute atomic E-state index is 12.0. The van der Waals surface area contributed by atoms with Gasteiger partial charge in [0.1, 0.15) is 0 Å². The number of hydrogen-bond donors (Lipinski definition) is 2. The highest BCUT2D eigenvalue weighted by atomic mass is 16.2. The van der Waals surface area contributed by atoms with Crippen molar-refractivity contribution in [2.75, 3.05) is 32.7 Å². The third kappa shape index (κ3) is 4.10. The molecule has 1 heterocycles. The van der Waals surface area contributed by atoms with Crippen molar-refractivity contribution in [2.24, 2.45) is 5.41 Å². The van der Waals surface area contributed by atoms with Crippen LogP contribution in [-0.4, -0.2) is 49.6 Å². The van der Waals surface area contributed by atoms with E-state index in [4.69, 9.17) is 0 Å². The molecule has 2 N–H and O–H groups in total. The van der Waals surface area contributed by atoms with E-state index >= 15 is 0 Å². The number of hydrogen-bond acceptors (Lipinski definition) is 3. The first-order chi connectivity index (χ1) is 7.42. The summed E-state index contributed by atoms with van der Waals surface area (Å²) in [4.78, 5) is 14.4. The van der Waals surface area contributed by atoms with Gasteiger partial charge in [-0.1, -0.05) is 0 Å². The van der Waals surface area contributed by atoms with Crippen LogP contribution in [0.3, 0.4) is 0 Å². The van der Waals surface area contributed by atoms with E-state index in [1.54, 1.807) is 0 Å². The first-order valence-corrected chi connectivity index (χ1v) is 6.16. The molecule has 0 aromatic rings. The number of nitrogens with one attached hydrogen (secondary N) is 2. The van der Waals surface area contributed by atoms with Gasteiger partial charge in [0, 0.05) is 38.8 Å². The zero-order valence-corrected chi connectivity index (χ0v) is 11.0. The summed E-state index contributed by atoms with van der Waals surface area (Å²) in [5.74, 6) is 0.154. The fraction of sp³-hybridized carbons (Fsp3) is 0.917. The molecule has 94 valence electrons. The van der Waals surface area contributed by atoms with Crippen molar-refractivity contribution in [3.63, 3.8) is 0 Å². The van der Waals surface area contributed by atoms with Gasteiger partial charge < -0.3 is 10.6 Å². The number of rotatable bonds is 4. The number of carbonyl (C=O) groups excluding carboxylic acids is 1. The van der Waals surface area contributed by atoms with Crippen LogP contribution in [0.2, 0.25) is 0 Å². The molecule has 1 aliphatic rings. The van der Waals surface area contributed by atoms with Gasteiger partial charge in [0.15, 0.2) is 0 Å². The summed E-state index contributed by atoms with van der Waals surface area (Å²) in [5, 5.41) is 6.31. The Morgan fingerprint density at radius 3 is 2.44 bits per heavy atom. The summed E-state index contributed by atoms with van der Waals surface area (Å²) >= 11 is 0. The van der Waals surface area contributed by atoms with Gasteiger partial charge >= 0.3 is 0 Å². The Kier molecular flexibility index (Phi) is 4.74. The van der Waals surface area contributed by atoms with Crippen LogP contribution in [0.5, 0.6) is 0 Å². The second kappa shape index (κ2) is 5.64. The lowest BCUT2D eigenvalue weighted by atomic mass is 9.91. The second-order valence-electron chi connectivity index (χ2n) is 5.54. The van der Waals surface area contributed by atoms with Gasteiger partial charge in [-0.25, -0.2) is 0 Å². The maximum Gasteiger partial charge on any atom is 0.227 e. The smallest absolute Gasteiger partial charge is 0.227 e. The molecule has 1 saturated heterocycles. The lowest BCUT2D eigenvalue weighted by Crippen LogP contribution is -2.51. The molecule has 0 atom stereocenters. The molecule has 0 spiro atoms. The topological polar surface area (TPSA) is 44.4 Å². The highest BCUT2D eigenvalue weighted by Gasteiger charge is 2.30. The summed E-state index contributed by atoms with van der Waals surface area (Å²) in [5.41, 5.74) is -0.304. The van der Waals surface area contributed by atoms with Crippen LogP contribution in [-0.2, 0) is 4.79 Å². The van der Waals surface area contributed by atoms with Gasteiger partial charge in [-0.2, -0.15) is 0 Å². The molecule has 4 nitrogen and oxygen atoms in total. The molecular formula is C12H25N3O. The summed E-state index contributed by atoms with van der Waals surface area (Å²) < 4.78 is 0. The third-order valence-electron chi connectivity index (χ3n) is 2.86. The number of carbonyl (C=O) groups is 1. The van der Waals surface area contributed by atoms with Gasteiger partial charge in [-0.3, -0.25) is 9.69 Å². The van der Waals surface area contributed by atoms with Crippen LogP contribution >= 0.6 is 0 Å². The minimum Gasteiger partial charge on any atom is -0.353 e. The van der Waals surface area contributed by atoms with Gasteiger partial charge in [-0.15, -0.1) is 0 Å². The van der Waals surface area contributed by atoms with Gasteiger partial charge in [0.25, 0.3) is 0 Å². The molecule has 0 saturated carbocycles. The Morgan fingerprint density at radius 1 is 1.38 bits per heavy atom. The Balaban J connectivity index is 2.45. The van der Waals surface area contributed by atoms with Crippen molar-refractivity contribution in [3.8, 4) is 0 Å². The van der Waals surface area contributed by atoms with Crippen molar-refractivity contribution < 1.29 is 4.79 Å². The molecule has 0 radical (unpaired) electrons. The molecular weight excluding hydrogens is 202 g/mol. The molecule has 0 bridgehead atoms. The molecule has 16 heavy (non-hydrogen) atoms. The Labute approximate surface area is 98.8 Å². The first kappa shape index (κ1) is 13.5. The highest BCUT2D eigenvalue weighted by Crippen LogP contribution is 2.17. The van der Waals surface area contributed by atoms with Gasteiger partial charge in [0.2, 0.25) is 5.91 Å². The van der Waals surface area contributed by atoms with Crippen LogP contribution in [0.15, 0.2) is 0 Å². The lowest BCUT2D eigenvalue weighted by Gasteiger charge is -2.34. The molecule has 1 fully saturated rings. The average molecular weight is 227 g/mol. The number of piperazine rings is 1. The monoisotopic (exact) mass is 227 g/mol. The number of nitrogens with zero attached hydrogens (tertiary/aromatic N) is 1. The van der Waals surface area contributed by atoms with E-state index in [0.29, 0.717) is 0 Å². The van der Waals surface area contributed by atoms with E-state index in [-0.39, 0.29) is 17.4 Å². The number of amides is 1.